The van der Waals surface area contributed by atoms with Gasteiger partial charge in [-0.25, -0.2) is 0 Å². The average Bonchev–Trinajstić information content (AvgIpc) is 2.94. The SMILES string of the molecule is CCn1cc(CC(=O)c2cccc3cccnc23)cn1. The first-order valence-corrected chi connectivity index (χ1v) is 6.66. The first kappa shape index (κ1) is 12.5. The molecule has 100 valence electrons. The third-order valence-electron chi connectivity index (χ3n) is 3.31. The van der Waals surface area contributed by atoms with E-state index in [1.807, 2.05) is 48.1 Å². The average molecular weight is 265 g/mol. The first-order valence-electron chi connectivity index (χ1n) is 6.66. The predicted molar refractivity (Wildman–Crippen MR) is 77.7 cm³/mol. The Bertz CT molecular complexity index is 756. The van der Waals surface area contributed by atoms with Gasteiger partial charge in [0.15, 0.2) is 5.78 Å². The molecule has 0 N–H and O–H groups in total. The maximum absolute atomic E-state index is 12.4. The zero-order valence-electron chi connectivity index (χ0n) is 11.3. The number of carbonyl (C=O) groups is 1. The van der Waals surface area contributed by atoms with Gasteiger partial charge in [0.1, 0.15) is 0 Å². The zero-order chi connectivity index (χ0) is 13.9. The Kier molecular flexibility index (Phi) is 3.29. The lowest BCUT2D eigenvalue weighted by atomic mass is 10.0. The van der Waals surface area contributed by atoms with Crippen molar-refractivity contribution in [3.8, 4) is 0 Å². The Labute approximate surface area is 117 Å². The van der Waals surface area contributed by atoms with Crippen LogP contribution in [-0.2, 0) is 13.0 Å². The van der Waals surface area contributed by atoms with E-state index in [4.69, 9.17) is 0 Å². The highest BCUT2D eigenvalue weighted by molar-refractivity contribution is 6.07. The minimum atomic E-state index is 0.0740. The number of Topliss-reactive ketones (excluding diaryl/α,β-unsaturated/α-hetero) is 1. The van der Waals surface area contributed by atoms with E-state index < -0.39 is 0 Å². The summed E-state index contributed by atoms with van der Waals surface area (Å²) in [6.45, 7) is 2.83. The molecule has 0 spiro atoms. The number of benzene rings is 1. The number of aromatic nitrogens is 3. The molecule has 0 aliphatic heterocycles. The predicted octanol–water partition coefficient (Wildman–Crippen LogP) is 2.88. The lowest BCUT2D eigenvalue weighted by molar-refractivity contribution is 0.0994. The van der Waals surface area contributed by atoms with Crippen LogP contribution in [0.2, 0.25) is 0 Å². The zero-order valence-corrected chi connectivity index (χ0v) is 11.3. The normalized spacial score (nSPS) is 10.8. The van der Waals surface area contributed by atoms with Crippen LogP contribution >= 0.6 is 0 Å². The Hall–Kier alpha value is -2.49. The topological polar surface area (TPSA) is 47.8 Å². The Morgan fingerprint density at radius 3 is 2.90 bits per heavy atom. The lowest BCUT2D eigenvalue weighted by Crippen LogP contribution is -2.04. The quantitative estimate of drug-likeness (QED) is 0.681. The number of aryl methyl sites for hydroxylation is 1. The largest absolute Gasteiger partial charge is 0.294 e. The molecule has 0 fully saturated rings. The van der Waals surface area contributed by atoms with Crippen molar-refractivity contribution in [3.63, 3.8) is 0 Å². The molecule has 0 bridgehead atoms. The van der Waals surface area contributed by atoms with Crippen molar-refractivity contribution in [2.45, 2.75) is 19.9 Å². The number of pyridine rings is 1. The number of para-hydroxylation sites is 1. The smallest absolute Gasteiger partial charge is 0.169 e. The van der Waals surface area contributed by atoms with Crippen LogP contribution in [0.3, 0.4) is 0 Å². The van der Waals surface area contributed by atoms with Gasteiger partial charge in [-0.15, -0.1) is 0 Å². The van der Waals surface area contributed by atoms with Gasteiger partial charge in [-0.1, -0.05) is 18.2 Å². The summed E-state index contributed by atoms with van der Waals surface area (Å²) in [5.41, 5.74) is 2.38. The third-order valence-corrected chi connectivity index (χ3v) is 3.31. The molecule has 0 amide bonds. The van der Waals surface area contributed by atoms with Crippen LogP contribution in [0.25, 0.3) is 10.9 Å². The van der Waals surface area contributed by atoms with E-state index in [2.05, 4.69) is 10.1 Å². The number of rotatable bonds is 4. The number of ketones is 1. The third kappa shape index (κ3) is 2.32. The summed E-state index contributed by atoms with van der Waals surface area (Å²) < 4.78 is 1.82. The maximum Gasteiger partial charge on any atom is 0.169 e. The highest BCUT2D eigenvalue weighted by atomic mass is 16.1. The summed E-state index contributed by atoms with van der Waals surface area (Å²) in [6, 6.07) is 9.54. The van der Waals surface area contributed by atoms with Crippen LogP contribution in [-0.4, -0.2) is 20.5 Å². The van der Waals surface area contributed by atoms with Gasteiger partial charge in [0, 0.05) is 36.3 Å². The number of hydrogen-bond donors (Lipinski definition) is 0. The van der Waals surface area contributed by atoms with E-state index in [1.54, 1.807) is 12.4 Å². The van der Waals surface area contributed by atoms with Crippen molar-refractivity contribution in [1.29, 1.82) is 0 Å². The highest BCUT2D eigenvalue weighted by Crippen LogP contribution is 2.17. The fourth-order valence-corrected chi connectivity index (χ4v) is 2.28. The van der Waals surface area contributed by atoms with Gasteiger partial charge in [-0.3, -0.25) is 14.5 Å². The summed E-state index contributed by atoms with van der Waals surface area (Å²) in [6.07, 6.45) is 5.74. The van der Waals surface area contributed by atoms with Gasteiger partial charge >= 0.3 is 0 Å². The fraction of sp³-hybridized carbons (Fsp3) is 0.188. The number of carbonyl (C=O) groups excluding carboxylic acids is 1. The molecule has 4 nitrogen and oxygen atoms in total. The molecule has 0 unspecified atom stereocenters. The van der Waals surface area contributed by atoms with Gasteiger partial charge in [-0.2, -0.15) is 5.10 Å². The summed E-state index contributed by atoms with van der Waals surface area (Å²) >= 11 is 0. The maximum atomic E-state index is 12.4. The molecule has 2 aromatic heterocycles. The van der Waals surface area contributed by atoms with Gasteiger partial charge in [0.25, 0.3) is 0 Å². The van der Waals surface area contributed by atoms with Crippen LogP contribution in [0.5, 0.6) is 0 Å². The lowest BCUT2D eigenvalue weighted by Gasteiger charge is -2.03. The molecular formula is C16H15N3O. The van der Waals surface area contributed by atoms with Crippen LogP contribution in [0.1, 0.15) is 22.8 Å². The molecule has 0 saturated carbocycles. The van der Waals surface area contributed by atoms with E-state index in [-0.39, 0.29) is 5.78 Å². The van der Waals surface area contributed by atoms with Crippen molar-refractivity contribution in [3.05, 3.63) is 60.0 Å². The van der Waals surface area contributed by atoms with Crippen molar-refractivity contribution in [1.82, 2.24) is 14.8 Å². The fourth-order valence-electron chi connectivity index (χ4n) is 2.28. The second-order valence-corrected chi connectivity index (χ2v) is 4.68. The molecule has 0 saturated heterocycles. The molecule has 3 aromatic rings. The van der Waals surface area contributed by atoms with E-state index in [0.717, 1.165) is 23.0 Å². The number of hydrogen-bond acceptors (Lipinski definition) is 3. The van der Waals surface area contributed by atoms with Crippen LogP contribution < -0.4 is 0 Å². The van der Waals surface area contributed by atoms with Crippen LogP contribution in [0.15, 0.2) is 48.9 Å². The summed E-state index contributed by atoms with van der Waals surface area (Å²) in [5.74, 6) is 0.0740. The Balaban J connectivity index is 1.92. The molecule has 0 aliphatic rings. The van der Waals surface area contributed by atoms with Gasteiger partial charge in [-0.05, 0) is 24.6 Å². The first-order chi connectivity index (χ1) is 9.78. The van der Waals surface area contributed by atoms with E-state index >= 15 is 0 Å². The second kappa shape index (κ2) is 5.25. The van der Waals surface area contributed by atoms with Crippen molar-refractivity contribution >= 4 is 16.7 Å². The summed E-state index contributed by atoms with van der Waals surface area (Å²) in [7, 11) is 0. The molecule has 0 radical (unpaired) electrons. The standard InChI is InChI=1S/C16H15N3O/c1-2-19-11-12(10-18-19)9-15(20)14-7-3-5-13-6-4-8-17-16(13)14/h3-8,10-11H,2,9H2,1H3. The molecule has 0 atom stereocenters. The number of nitrogens with zero attached hydrogens (tertiary/aromatic N) is 3. The van der Waals surface area contributed by atoms with Crippen molar-refractivity contribution in [2.24, 2.45) is 0 Å². The van der Waals surface area contributed by atoms with Gasteiger partial charge in [0.2, 0.25) is 0 Å². The van der Waals surface area contributed by atoms with E-state index in [1.165, 1.54) is 0 Å². The van der Waals surface area contributed by atoms with Gasteiger partial charge < -0.3 is 0 Å². The molecule has 2 heterocycles. The van der Waals surface area contributed by atoms with E-state index in [9.17, 15) is 4.79 Å². The highest BCUT2D eigenvalue weighted by Gasteiger charge is 2.12. The van der Waals surface area contributed by atoms with Crippen molar-refractivity contribution < 1.29 is 4.79 Å². The van der Waals surface area contributed by atoms with Crippen LogP contribution in [0, 0.1) is 0 Å². The summed E-state index contributed by atoms with van der Waals surface area (Å²) in [5, 5.41) is 5.18. The molecule has 0 aliphatic carbocycles. The summed E-state index contributed by atoms with van der Waals surface area (Å²) in [4.78, 5) is 16.8. The molecule has 3 rings (SSSR count). The monoisotopic (exact) mass is 265 g/mol. The van der Waals surface area contributed by atoms with Crippen LogP contribution in [0.4, 0.5) is 0 Å². The Morgan fingerprint density at radius 1 is 1.25 bits per heavy atom. The number of fused-ring (bicyclic) bond motifs is 1. The Morgan fingerprint density at radius 2 is 2.10 bits per heavy atom. The second-order valence-electron chi connectivity index (χ2n) is 4.68. The molecule has 20 heavy (non-hydrogen) atoms. The van der Waals surface area contributed by atoms with E-state index in [0.29, 0.717) is 12.0 Å². The minimum Gasteiger partial charge on any atom is -0.294 e. The van der Waals surface area contributed by atoms with Crippen molar-refractivity contribution in [2.75, 3.05) is 0 Å². The molecular weight excluding hydrogens is 250 g/mol. The van der Waals surface area contributed by atoms with Gasteiger partial charge in [0.05, 0.1) is 11.7 Å². The molecule has 1 aromatic carbocycles. The molecule has 4 heteroatoms. The minimum absolute atomic E-state index is 0.0740.